The second-order valence-corrected chi connectivity index (χ2v) is 7.23. The molecule has 2 heterocycles. The molecule has 2 amide bonds. The van der Waals surface area contributed by atoms with Crippen LogP contribution < -0.4 is 5.32 Å². The van der Waals surface area contributed by atoms with Gasteiger partial charge in [-0.15, -0.1) is 0 Å². The summed E-state index contributed by atoms with van der Waals surface area (Å²) in [7, 11) is 1.73. The van der Waals surface area contributed by atoms with Crippen LogP contribution in [0.15, 0.2) is 30.5 Å². The number of amides is 2. The van der Waals surface area contributed by atoms with Crippen molar-refractivity contribution >= 4 is 6.03 Å². The Morgan fingerprint density at radius 3 is 2.93 bits per heavy atom. The number of rotatable bonds is 7. The number of H-pyrrole nitrogens is 1. The predicted octanol–water partition coefficient (Wildman–Crippen LogP) is 2.20. The Labute approximate surface area is 164 Å². The lowest BCUT2D eigenvalue weighted by Gasteiger charge is -2.34. The minimum Gasteiger partial charge on any atom is -0.395 e. The number of aliphatic hydroxyl groups excluding tert-OH is 1. The number of hydrogen-bond acceptors (Lipinski definition) is 4. The van der Waals surface area contributed by atoms with Gasteiger partial charge >= 0.3 is 6.03 Å². The summed E-state index contributed by atoms with van der Waals surface area (Å²) in [5, 5.41) is 19.4. The number of carbonyl (C=O) groups excluding carboxylic acids is 1. The normalized spacial score (nSPS) is 17.5. The highest BCUT2D eigenvalue weighted by atomic mass is 19.1. The Balaban J connectivity index is 1.51. The summed E-state index contributed by atoms with van der Waals surface area (Å²) in [6, 6.07) is 6.20. The zero-order valence-electron chi connectivity index (χ0n) is 16.2. The van der Waals surface area contributed by atoms with E-state index in [1.165, 1.54) is 12.1 Å². The molecule has 1 saturated heterocycles. The zero-order chi connectivity index (χ0) is 19.9. The molecule has 3 N–H and O–H groups in total. The number of carbonyl (C=O) groups is 1. The number of aliphatic hydroxyl groups is 1. The van der Waals surface area contributed by atoms with Gasteiger partial charge in [-0.05, 0) is 43.7 Å². The van der Waals surface area contributed by atoms with Crippen molar-refractivity contribution in [1.82, 2.24) is 25.3 Å². The fourth-order valence-corrected chi connectivity index (χ4v) is 3.63. The fraction of sp³-hybridized carbons (Fsp3) is 0.500. The van der Waals surface area contributed by atoms with Crippen LogP contribution in [0.2, 0.25) is 0 Å². The number of nitrogens with one attached hydrogen (secondary N) is 2. The van der Waals surface area contributed by atoms with Crippen molar-refractivity contribution in [2.45, 2.75) is 31.8 Å². The van der Waals surface area contributed by atoms with E-state index < -0.39 is 0 Å². The maximum atomic E-state index is 13.1. The molecule has 1 atom stereocenters. The van der Waals surface area contributed by atoms with E-state index in [1.54, 1.807) is 30.3 Å². The van der Waals surface area contributed by atoms with Crippen LogP contribution in [0.1, 0.15) is 24.8 Å². The fourth-order valence-electron chi connectivity index (χ4n) is 3.63. The Bertz CT molecular complexity index is 764. The van der Waals surface area contributed by atoms with Gasteiger partial charge in [-0.2, -0.15) is 5.10 Å². The third-order valence-corrected chi connectivity index (χ3v) is 5.24. The Morgan fingerprint density at radius 1 is 1.39 bits per heavy atom. The lowest BCUT2D eigenvalue weighted by Crippen LogP contribution is -2.47. The van der Waals surface area contributed by atoms with Crippen molar-refractivity contribution < 1.29 is 14.3 Å². The van der Waals surface area contributed by atoms with E-state index in [4.69, 9.17) is 0 Å². The molecule has 0 aliphatic carbocycles. The highest BCUT2D eigenvalue weighted by molar-refractivity contribution is 5.74. The van der Waals surface area contributed by atoms with Gasteiger partial charge in [-0.1, -0.05) is 6.42 Å². The van der Waals surface area contributed by atoms with E-state index in [0.717, 1.165) is 49.2 Å². The molecule has 8 heteroatoms. The van der Waals surface area contributed by atoms with Crippen LogP contribution in [0.5, 0.6) is 0 Å². The van der Waals surface area contributed by atoms with Crippen molar-refractivity contribution in [2.75, 3.05) is 33.3 Å². The lowest BCUT2D eigenvalue weighted by atomic mass is 10.0. The molecule has 7 nitrogen and oxygen atoms in total. The van der Waals surface area contributed by atoms with Gasteiger partial charge in [0, 0.05) is 37.3 Å². The maximum absolute atomic E-state index is 13.1. The average Bonchev–Trinajstić information content (AvgIpc) is 3.16. The van der Waals surface area contributed by atoms with Gasteiger partial charge in [0.2, 0.25) is 0 Å². The number of nitrogens with zero attached hydrogens (tertiary/aromatic N) is 3. The van der Waals surface area contributed by atoms with Crippen molar-refractivity contribution in [3.8, 4) is 11.3 Å². The molecule has 3 rings (SSSR count). The first-order valence-electron chi connectivity index (χ1n) is 9.70. The summed E-state index contributed by atoms with van der Waals surface area (Å²) in [5.41, 5.74) is 2.46. The van der Waals surface area contributed by atoms with E-state index in [2.05, 4.69) is 20.4 Å². The number of aromatic nitrogens is 2. The molecule has 1 aliphatic rings. The second kappa shape index (κ2) is 9.66. The molecule has 0 saturated carbocycles. The first-order valence-corrected chi connectivity index (χ1v) is 9.70. The van der Waals surface area contributed by atoms with E-state index in [-0.39, 0.29) is 24.5 Å². The van der Waals surface area contributed by atoms with Gasteiger partial charge in [-0.25, -0.2) is 9.18 Å². The largest absolute Gasteiger partial charge is 0.395 e. The van der Waals surface area contributed by atoms with Crippen molar-refractivity contribution in [3.63, 3.8) is 0 Å². The number of benzene rings is 1. The predicted molar refractivity (Wildman–Crippen MR) is 105 cm³/mol. The van der Waals surface area contributed by atoms with Gasteiger partial charge < -0.3 is 15.3 Å². The number of likely N-dealkylation sites (tertiary alicyclic amines) is 1. The SMILES string of the molecule is CN(Cc1cn[nH]c1-c1ccc(F)cc1)C(=O)NCCN1CCCC[C@H]1CO. The Morgan fingerprint density at radius 2 is 2.18 bits per heavy atom. The van der Waals surface area contributed by atoms with Crippen molar-refractivity contribution in [3.05, 3.63) is 41.8 Å². The van der Waals surface area contributed by atoms with Crippen molar-refractivity contribution in [1.29, 1.82) is 0 Å². The van der Waals surface area contributed by atoms with Crippen LogP contribution in [0.4, 0.5) is 9.18 Å². The Kier molecular flexibility index (Phi) is 7.00. The van der Waals surface area contributed by atoms with Crippen LogP contribution in [0, 0.1) is 5.82 Å². The zero-order valence-corrected chi connectivity index (χ0v) is 16.2. The molecule has 0 radical (unpaired) electrons. The average molecular weight is 389 g/mol. The quantitative estimate of drug-likeness (QED) is 0.678. The topological polar surface area (TPSA) is 84.5 Å². The van der Waals surface area contributed by atoms with Gasteiger partial charge in [0.25, 0.3) is 0 Å². The number of piperidine rings is 1. The third kappa shape index (κ3) is 5.08. The number of urea groups is 1. The van der Waals surface area contributed by atoms with Gasteiger partial charge in [0.15, 0.2) is 0 Å². The van der Waals surface area contributed by atoms with Crippen LogP contribution in [-0.4, -0.2) is 70.5 Å². The summed E-state index contributed by atoms with van der Waals surface area (Å²) in [6.45, 7) is 2.79. The van der Waals surface area contributed by atoms with E-state index in [0.29, 0.717) is 13.1 Å². The molecular weight excluding hydrogens is 361 g/mol. The van der Waals surface area contributed by atoms with Crippen LogP contribution >= 0.6 is 0 Å². The van der Waals surface area contributed by atoms with Crippen molar-refractivity contribution in [2.24, 2.45) is 0 Å². The second-order valence-electron chi connectivity index (χ2n) is 7.23. The minimum absolute atomic E-state index is 0.163. The highest BCUT2D eigenvalue weighted by Crippen LogP contribution is 2.22. The Hall–Kier alpha value is -2.45. The van der Waals surface area contributed by atoms with Gasteiger partial charge in [0.05, 0.1) is 25.0 Å². The summed E-state index contributed by atoms with van der Waals surface area (Å²) in [4.78, 5) is 16.3. The molecule has 28 heavy (non-hydrogen) atoms. The molecular formula is C20H28FN5O2. The van der Waals surface area contributed by atoms with Gasteiger partial charge in [0.1, 0.15) is 5.82 Å². The summed E-state index contributed by atoms with van der Waals surface area (Å²) >= 11 is 0. The molecule has 1 aromatic carbocycles. The summed E-state index contributed by atoms with van der Waals surface area (Å²) in [5.74, 6) is -0.293. The molecule has 1 aliphatic heterocycles. The number of hydrogen-bond donors (Lipinski definition) is 3. The van der Waals surface area contributed by atoms with Crippen LogP contribution in [0.3, 0.4) is 0 Å². The minimum atomic E-state index is -0.293. The molecule has 0 unspecified atom stereocenters. The molecule has 1 aromatic heterocycles. The smallest absolute Gasteiger partial charge is 0.317 e. The highest BCUT2D eigenvalue weighted by Gasteiger charge is 2.21. The number of halogens is 1. The maximum Gasteiger partial charge on any atom is 0.317 e. The summed E-state index contributed by atoms with van der Waals surface area (Å²) < 4.78 is 13.1. The monoisotopic (exact) mass is 389 g/mol. The molecule has 0 bridgehead atoms. The van der Waals surface area contributed by atoms with Gasteiger partial charge in [-0.3, -0.25) is 10.00 Å². The first kappa shape index (κ1) is 20.3. The molecule has 2 aromatic rings. The molecule has 152 valence electrons. The first-order chi connectivity index (χ1) is 13.6. The van der Waals surface area contributed by atoms with Crippen LogP contribution in [0.25, 0.3) is 11.3 Å². The number of aromatic amines is 1. The lowest BCUT2D eigenvalue weighted by molar-refractivity contribution is 0.0911. The standard InChI is InChI=1S/C20H28FN5O2/c1-25(20(28)22-9-11-26-10-3-2-4-18(26)14-27)13-16-12-23-24-19(16)15-5-7-17(21)8-6-15/h5-8,12,18,27H,2-4,9-11,13-14H2,1H3,(H,22,28)(H,23,24)/t18-/m0/s1. The third-order valence-electron chi connectivity index (χ3n) is 5.24. The van der Waals surface area contributed by atoms with E-state index in [9.17, 15) is 14.3 Å². The van der Waals surface area contributed by atoms with E-state index >= 15 is 0 Å². The van der Waals surface area contributed by atoms with Crippen LogP contribution in [-0.2, 0) is 6.54 Å². The molecule has 1 fully saturated rings. The van der Waals surface area contributed by atoms with E-state index in [1.807, 2.05) is 0 Å². The molecule has 0 spiro atoms. The summed E-state index contributed by atoms with van der Waals surface area (Å²) in [6.07, 6.45) is 4.98.